The zero-order chi connectivity index (χ0) is 23.1. The predicted molar refractivity (Wildman–Crippen MR) is 121 cm³/mol. The number of amides is 1. The predicted octanol–water partition coefficient (Wildman–Crippen LogP) is 4.01. The van der Waals surface area contributed by atoms with Gasteiger partial charge < -0.3 is 19.4 Å². The second-order valence-corrected chi connectivity index (χ2v) is 7.40. The summed E-state index contributed by atoms with van der Waals surface area (Å²) in [5.74, 6) is 1.39. The summed E-state index contributed by atoms with van der Waals surface area (Å²) >= 11 is 1.22. The summed E-state index contributed by atoms with van der Waals surface area (Å²) in [4.78, 5) is 23.0. The summed E-state index contributed by atoms with van der Waals surface area (Å²) in [6, 6.07) is 11.6. The lowest BCUT2D eigenvalue weighted by molar-refractivity contribution is -0.384. The first-order chi connectivity index (χ1) is 15.5. The van der Waals surface area contributed by atoms with Gasteiger partial charge in [-0.2, -0.15) is 0 Å². The first-order valence-corrected chi connectivity index (χ1v) is 10.9. The van der Waals surface area contributed by atoms with Crippen LogP contribution in [0.25, 0.3) is 11.4 Å². The molecule has 1 amide bonds. The molecule has 0 aliphatic heterocycles. The number of nitrogens with one attached hydrogen (secondary N) is 1. The van der Waals surface area contributed by atoms with E-state index in [-0.39, 0.29) is 23.0 Å². The van der Waals surface area contributed by atoms with Gasteiger partial charge in [-0.15, -0.1) is 10.2 Å². The summed E-state index contributed by atoms with van der Waals surface area (Å²) in [7, 11) is 1.43. The smallest absolute Gasteiger partial charge is 0.271 e. The van der Waals surface area contributed by atoms with Crippen molar-refractivity contribution in [2.24, 2.45) is 0 Å². The van der Waals surface area contributed by atoms with Crippen LogP contribution >= 0.6 is 11.8 Å². The number of carbonyl (C=O) groups excluding carboxylic acids is 1. The zero-order valence-electron chi connectivity index (χ0n) is 17.9. The topological polar surface area (TPSA) is 121 Å². The monoisotopic (exact) mass is 457 g/mol. The number of carbonyl (C=O) groups is 1. The molecule has 0 saturated heterocycles. The third-order valence-corrected chi connectivity index (χ3v) is 5.43. The molecule has 0 spiro atoms. The maximum Gasteiger partial charge on any atom is 0.271 e. The Morgan fingerprint density at radius 2 is 1.97 bits per heavy atom. The van der Waals surface area contributed by atoms with Crippen molar-refractivity contribution in [2.45, 2.75) is 25.5 Å². The van der Waals surface area contributed by atoms with Gasteiger partial charge in [-0.3, -0.25) is 14.9 Å². The minimum Gasteiger partial charge on any atom is -0.495 e. The van der Waals surface area contributed by atoms with Crippen LogP contribution in [0.3, 0.4) is 0 Å². The third-order valence-electron chi connectivity index (χ3n) is 4.46. The van der Waals surface area contributed by atoms with Crippen molar-refractivity contribution in [3.8, 4) is 22.9 Å². The molecule has 3 rings (SSSR count). The van der Waals surface area contributed by atoms with E-state index in [0.29, 0.717) is 35.6 Å². The molecule has 3 aromatic rings. The number of rotatable bonds is 10. The van der Waals surface area contributed by atoms with E-state index in [2.05, 4.69) is 15.5 Å². The van der Waals surface area contributed by atoms with E-state index in [9.17, 15) is 14.9 Å². The first kappa shape index (κ1) is 23.1. The Bertz CT molecular complexity index is 1120. The van der Waals surface area contributed by atoms with Crippen LogP contribution in [0.15, 0.2) is 47.6 Å². The molecule has 11 heteroatoms. The fourth-order valence-corrected chi connectivity index (χ4v) is 3.84. The average Bonchev–Trinajstić information content (AvgIpc) is 3.21. The Labute approximate surface area is 189 Å². The number of non-ortho nitro benzene ring substituents is 1. The van der Waals surface area contributed by atoms with Gasteiger partial charge in [-0.1, -0.05) is 23.9 Å². The molecule has 32 heavy (non-hydrogen) atoms. The molecule has 1 N–H and O–H groups in total. The number of para-hydroxylation sites is 1. The van der Waals surface area contributed by atoms with Crippen LogP contribution in [-0.2, 0) is 11.3 Å². The van der Waals surface area contributed by atoms with Crippen molar-refractivity contribution in [1.29, 1.82) is 0 Å². The van der Waals surface area contributed by atoms with E-state index in [1.165, 1.54) is 37.1 Å². The van der Waals surface area contributed by atoms with Gasteiger partial charge in [0.1, 0.15) is 11.5 Å². The second kappa shape index (κ2) is 10.6. The van der Waals surface area contributed by atoms with Crippen molar-refractivity contribution in [1.82, 2.24) is 14.8 Å². The number of aromatic nitrogens is 3. The quantitative estimate of drug-likeness (QED) is 0.275. The largest absolute Gasteiger partial charge is 0.495 e. The van der Waals surface area contributed by atoms with Crippen LogP contribution in [0, 0.1) is 10.1 Å². The molecule has 0 radical (unpaired) electrons. The van der Waals surface area contributed by atoms with Gasteiger partial charge in [-0.25, -0.2) is 0 Å². The number of nitrogens with zero attached hydrogens (tertiary/aromatic N) is 4. The normalized spacial score (nSPS) is 10.6. The highest BCUT2D eigenvalue weighted by atomic mass is 32.2. The number of thioether (sulfide) groups is 1. The number of hydrogen-bond acceptors (Lipinski definition) is 8. The number of ether oxygens (including phenoxy) is 2. The van der Waals surface area contributed by atoms with Gasteiger partial charge in [0.2, 0.25) is 5.91 Å². The summed E-state index contributed by atoms with van der Waals surface area (Å²) < 4.78 is 12.8. The molecule has 168 valence electrons. The fourth-order valence-electron chi connectivity index (χ4n) is 3.04. The molecule has 0 atom stereocenters. The van der Waals surface area contributed by atoms with Crippen LogP contribution in [-0.4, -0.2) is 45.1 Å². The minimum absolute atomic E-state index is 0.0388. The Hall–Kier alpha value is -3.60. The number of methoxy groups -OCH3 is 1. The highest BCUT2D eigenvalue weighted by Crippen LogP contribution is 2.32. The Morgan fingerprint density at radius 3 is 2.66 bits per heavy atom. The summed E-state index contributed by atoms with van der Waals surface area (Å²) in [6.45, 7) is 5.01. The maximum atomic E-state index is 12.5. The lowest BCUT2D eigenvalue weighted by Crippen LogP contribution is -2.15. The lowest BCUT2D eigenvalue weighted by atomic mass is 10.2. The standard InChI is InChI=1S/C21H23N5O5S/c1-4-25-20(15-8-6-7-9-17(15)31-5-2)23-24-21(25)32-13-19(27)22-16-12-14(26(28)29)10-11-18(16)30-3/h6-12H,4-5,13H2,1-3H3,(H,22,27). The van der Waals surface area contributed by atoms with E-state index in [0.717, 1.165) is 5.56 Å². The van der Waals surface area contributed by atoms with Crippen LogP contribution in [0.2, 0.25) is 0 Å². The average molecular weight is 458 g/mol. The number of hydrogen-bond donors (Lipinski definition) is 1. The van der Waals surface area contributed by atoms with E-state index in [1.807, 2.05) is 42.7 Å². The molecule has 0 fully saturated rings. The molecular weight excluding hydrogens is 434 g/mol. The first-order valence-electron chi connectivity index (χ1n) is 9.88. The molecule has 1 aromatic heterocycles. The van der Waals surface area contributed by atoms with Gasteiger partial charge >= 0.3 is 0 Å². The van der Waals surface area contributed by atoms with Gasteiger partial charge in [0.15, 0.2) is 11.0 Å². The molecule has 2 aromatic carbocycles. The molecular formula is C21H23N5O5S. The molecule has 0 aliphatic carbocycles. The van der Waals surface area contributed by atoms with Gasteiger partial charge in [-0.05, 0) is 32.0 Å². The van der Waals surface area contributed by atoms with Gasteiger partial charge in [0, 0.05) is 18.7 Å². The number of nitro benzene ring substituents is 1. The van der Waals surface area contributed by atoms with E-state index in [4.69, 9.17) is 9.47 Å². The molecule has 0 aliphatic rings. The van der Waals surface area contributed by atoms with Crippen LogP contribution in [0.1, 0.15) is 13.8 Å². The number of benzene rings is 2. The van der Waals surface area contributed by atoms with E-state index in [1.54, 1.807) is 0 Å². The third kappa shape index (κ3) is 5.17. The molecule has 10 nitrogen and oxygen atoms in total. The highest BCUT2D eigenvalue weighted by molar-refractivity contribution is 7.99. The van der Waals surface area contributed by atoms with E-state index >= 15 is 0 Å². The molecule has 0 unspecified atom stereocenters. The minimum atomic E-state index is -0.533. The SMILES string of the molecule is CCOc1ccccc1-c1nnc(SCC(=O)Nc2cc([N+](=O)[O-])ccc2OC)n1CC. The van der Waals surface area contributed by atoms with Crippen molar-refractivity contribution in [3.63, 3.8) is 0 Å². The van der Waals surface area contributed by atoms with Crippen LogP contribution < -0.4 is 14.8 Å². The number of anilines is 1. The summed E-state index contributed by atoms with van der Waals surface area (Å²) in [6.07, 6.45) is 0. The molecule has 0 saturated carbocycles. The van der Waals surface area contributed by atoms with Crippen molar-refractivity contribution < 1.29 is 19.2 Å². The van der Waals surface area contributed by atoms with Crippen LogP contribution in [0.4, 0.5) is 11.4 Å². The van der Waals surface area contributed by atoms with Crippen molar-refractivity contribution >= 4 is 29.0 Å². The van der Waals surface area contributed by atoms with Crippen molar-refractivity contribution in [3.05, 3.63) is 52.6 Å². The maximum absolute atomic E-state index is 12.5. The van der Waals surface area contributed by atoms with Crippen molar-refractivity contribution in [2.75, 3.05) is 24.8 Å². The number of nitro groups is 1. The zero-order valence-corrected chi connectivity index (χ0v) is 18.7. The summed E-state index contributed by atoms with van der Waals surface area (Å²) in [5, 5.41) is 22.8. The lowest BCUT2D eigenvalue weighted by Gasteiger charge is -2.12. The second-order valence-electron chi connectivity index (χ2n) is 6.46. The van der Waals surface area contributed by atoms with Crippen LogP contribution in [0.5, 0.6) is 11.5 Å². The van der Waals surface area contributed by atoms with E-state index < -0.39 is 4.92 Å². The molecule has 1 heterocycles. The summed E-state index contributed by atoms with van der Waals surface area (Å²) in [5.41, 5.74) is 0.911. The fraction of sp³-hybridized carbons (Fsp3) is 0.286. The Balaban J connectivity index is 1.75. The van der Waals surface area contributed by atoms with Gasteiger partial charge in [0.25, 0.3) is 5.69 Å². The molecule has 0 bridgehead atoms. The highest BCUT2D eigenvalue weighted by Gasteiger charge is 2.18. The van der Waals surface area contributed by atoms with Gasteiger partial charge in [0.05, 0.1) is 35.6 Å². The Kier molecular flexibility index (Phi) is 7.66. The Morgan fingerprint density at radius 1 is 1.19 bits per heavy atom.